The molecule has 18 heavy (non-hydrogen) atoms. The van der Waals surface area contributed by atoms with Gasteiger partial charge in [-0.1, -0.05) is 6.92 Å². The number of hydrogen-bond donors (Lipinski definition) is 2. The lowest BCUT2D eigenvalue weighted by atomic mass is 10.1. The van der Waals surface area contributed by atoms with Gasteiger partial charge in [-0.25, -0.2) is 13.1 Å². The quantitative estimate of drug-likeness (QED) is 0.751. The molecule has 102 valence electrons. The van der Waals surface area contributed by atoms with E-state index in [4.69, 9.17) is 5.11 Å². The van der Waals surface area contributed by atoms with Gasteiger partial charge in [0.15, 0.2) is 0 Å². The Kier molecular flexibility index (Phi) is 5.30. The summed E-state index contributed by atoms with van der Waals surface area (Å²) < 4.78 is 26.4. The van der Waals surface area contributed by atoms with Crippen molar-refractivity contribution in [3.05, 3.63) is 17.0 Å². The Morgan fingerprint density at radius 3 is 2.67 bits per heavy atom. The fourth-order valence-corrected chi connectivity index (χ4v) is 3.77. The Balaban J connectivity index is 2.42. The third kappa shape index (κ3) is 4.40. The summed E-state index contributed by atoms with van der Waals surface area (Å²) in [7, 11) is -3.44. The first kappa shape index (κ1) is 15.1. The summed E-state index contributed by atoms with van der Waals surface area (Å²) in [6.45, 7) is 3.72. The first-order valence-electron chi connectivity index (χ1n) is 5.62. The number of carbonyl (C=O) groups is 1. The lowest BCUT2D eigenvalue weighted by Crippen LogP contribution is -2.24. The van der Waals surface area contributed by atoms with Crippen molar-refractivity contribution < 1.29 is 18.3 Å². The number of rotatable bonds is 7. The molecule has 1 unspecified atom stereocenters. The minimum absolute atomic E-state index is 0.261. The van der Waals surface area contributed by atoms with Gasteiger partial charge in [0.2, 0.25) is 10.0 Å². The topological polar surface area (TPSA) is 83.5 Å². The van der Waals surface area contributed by atoms with Crippen LogP contribution in [0.5, 0.6) is 0 Å². The number of thiophene rings is 1. The van der Waals surface area contributed by atoms with Crippen molar-refractivity contribution in [2.75, 3.05) is 6.54 Å². The maximum absolute atomic E-state index is 11.8. The second kappa shape index (κ2) is 6.31. The van der Waals surface area contributed by atoms with Crippen LogP contribution in [0, 0.1) is 12.8 Å². The molecule has 0 aliphatic heterocycles. The Morgan fingerprint density at radius 2 is 2.17 bits per heavy atom. The molecule has 0 saturated heterocycles. The van der Waals surface area contributed by atoms with Crippen molar-refractivity contribution in [3.63, 3.8) is 0 Å². The Bertz CT molecular complexity index is 507. The van der Waals surface area contributed by atoms with Crippen molar-refractivity contribution in [1.29, 1.82) is 0 Å². The molecule has 0 radical (unpaired) electrons. The molecule has 1 heterocycles. The lowest BCUT2D eigenvalue weighted by Gasteiger charge is -2.07. The molecule has 0 bridgehead atoms. The summed E-state index contributed by atoms with van der Waals surface area (Å²) in [5.74, 6) is -1.30. The highest BCUT2D eigenvalue weighted by Crippen LogP contribution is 2.20. The highest BCUT2D eigenvalue weighted by Gasteiger charge is 2.16. The van der Waals surface area contributed by atoms with E-state index >= 15 is 0 Å². The summed E-state index contributed by atoms with van der Waals surface area (Å²) in [6.07, 6.45) is 0.971. The summed E-state index contributed by atoms with van der Waals surface area (Å²) in [6, 6.07) is 3.33. The van der Waals surface area contributed by atoms with Crippen LogP contribution >= 0.6 is 11.3 Å². The van der Waals surface area contributed by atoms with E-state index in [0.717, 1.165) is 4.88 Å². The predicted octanol–water partition coefficient (Wildman–Crippen LogP) is 1.84. The zero-order valence-corrected chi connectivity index (χ0v) is 12.0. The van der Waals surface area contributed by atoms with E-state index in [-0.39, 0.29) is 6.54 Å². The van der Waals surface area contributed by atoms with Gasteiger partial charge in [-0.05, 0) is 31.9 Å². The maximum atomic E-state index is 11.8. The van der Waals surface area contributed by atoms with Crippen molar-refractivity contribution in [2.45, 2.75) is 30.9 Å². The first-order chi connectivity index (χ1) is 8.33. The number of hydrogen-bond acceptors (Lipinski definition) is 4. The summed E-state index contributed by atoms with van der Waals surface area (Å²) >= 11 is 1.22. The van der Waals surface area contributed by atoms with Crippen molar-refractivity contribution in [1.82, 2.24) is 4.72 Å². The number of carboxylic acids is 1. The molecule has 0 aliphatic carbocycles. The van der Waals surface area contributed by atoms with E-state index in [1.807, 2.05) is 6.92 Å². The molecule has 1 rings (SSSR count). The number of sulfonamides is 1. The molecular weight excluding hydrogens is 274 g/mol. The van der Waals surface area contributed by atoms with E-state index in [0.29, 0.717) is 17.1 Å². The van der Waals surface area contributed by atoms with Gasteiger partial charge >= 0.3 is 5.97 Å². The second-order valence-electron chi connectivity index (χ2n) is 4.14. The highest BCUT2D eigenvalue weighted by molar-refractivity contribution is 7.91. The predicted molar refractivity (Wildman–Crippen MR) is 70.3 cm³/mol. The smallest absolute Gasteiger partial charge is 0.306 e. The third-order valence-corrected chi connectivity index (χ3v) is 5.46. The van der Waals surface area contributed by atoms with E-state index in [1.54, 1.807) is 19.1 Å². The van der Waals surface area contributed by atoms with Gasteiger partial charge in [-0.15, -0.1) is 11.3 Å². The number of aryl methyl sites for hydroxylation is 1. The van der Waals surface area contributed by atoms with E-state index < -0.39 is 21.9 Å². The molecule has 1 aromatic rings. The molecule has 7 heteroatoms. The molecule has 2 N–H and O–H groups in total. The molecule has 1 aromatic heterocycles. The number of nitrogens with one attached hydrogen (secondary N) is 1. The van der Waals surface area contributed by atoms with E-state index in [1.165, 1.54) is 11.3 Å². The Hall–Kier alpha value is -0.920. The van der Waals surface area contributed by atoms with E-state index in [2.05, 4.69) is 4.72 Å². The monoisotopic (exact) mass is 291 g/mol. The van der Waals surface area contributed by atoms with Crippen LogP contribution < -0.4 is 4.72 Å². The molecule has 0 fully saturated rings. The van der Waals surface area contributed by atoms with Crippen LogP contribution in [0.2, 0.25) is 0 Å². The SMILES string of the molecule is Cc1ccc(S(=O)(=O)NCCCC(C)C(=O)O)s1. The molecule has 5 nitrogen and oxygen atoms in total. The highest BCUT2D eigenvalue weighted by atomic mass is 32.2. The van der Waals surface area contributed by atoms with Gasteiger partial charge in [0.05, 0.1) is 5.92 Å². The molecule has 0 saturated carbocycles. The van der Waals surface area contributed by atoms with Crippen LogP contribution in [-0.2, 0) is 14.8 Å². The average Bonchev–Trinajstić information content (AvgIpc) is 2.71. The van der Waals surface area contributed by atoms with Crippen LogP contribution in [0.15, 0.2) is 16.3 Å². The standard InChI is InChI=1S/C11H17NO4S2/c1-8(11(13)14)4-3-7-12-18(15,16)10-6-5-9(2)17-10/h5-6,8,12H,3-4,7H2,1-2H3,(H,13,14). The van der Waals surface area contributed by atoms with Gasteiger partial charge in [-0.3, -0.25) is 4.79 Å². The summed E-state index contributed by atoms with van der Waals surface area (Å²) in [4.78, 5) is 11.5. The van der Waals surface area contributed by atoms with Crippen molar-refractivity contribution in [3.8, 4) is 0 Å². The molecule has 0 aromatic carbocycles. The molecule has 0 aliphatic rings. The average molecular weight is 291 g/mol. The Morgan fingerprint density at radius 1 is 1.50 bits per heavy atom. The van der Waals surface area contributed by atoms with Crippen molar-refractivity contribution >= 4 is 27.3 Å². The molecule has 0 spiro atoms. The molecule has 1 atom stereocenters. The normalized spacial score (nSPS) is 13.4. The number of carboxylic acid groups (broad SMARTS) is 1. The second-order valence-corrected chi connectivity index (χ2v) is 7.43. The van der Waals surface area contributed by atoms with Gasteiger partial charge in [0.1, 0.15) is 4.21 Å². The lowest BCUT2D eigenvalue weighted by molar-refractivity contribution is -0.141. The van der Waals surface area contributed by atoms with E-state index in [9.17, 15) is 13.2 Å². The fourth-order valence-electron chi connectivity index (χ4n) is 1.37. The zero-order valence-electron chi connectivity index (χ0n) is 10.3. The minimum Gasteiger partial charge on any atom is -0.481 e. The van der Waals surface area contributed by atoms with Gasteiger partial charge in [0.25, 0.3) is 0 Å². The summed E-state index contributed by atoms with van der Waals surface area (Å²) in [5.41, 5.74) is 0. The first-order valence-corrected chi connectivity index (χ1v) is 7.92. The summed E-state index contributed by atoms with van der Waals surface area (Å²) in [5, 5.41) is 8.68. The van der Waals surface area contributed by atoms with Crippen LogP contribution in [0.4, 0.5) is 0 Å². The maximum Gasteiger partial charge on any atom is 0.306 e. The van der Waals surface area contributed by atoms with Crippen LogP contribution in [0.3, 0.4) is 0 Å². The van der Waals surface area contributed by atoms with Crippen molar-refractivity contribution in [2.24, 2.45) is 5.92 Å². The van der Waals surface area contributed by atoms with Gasteiger partial charge in [0, 0.05) is 11.4 Å². The zero-order chi connectivity index (χ0) is 13.8. The number of aliphatic carboxylic acids is 1. The molecule has 0 amide bonds. The minimum atomic E-state index is -3.44. The largest absolute Gasteiger partial charge is 0.481 e. The van der Waals surface area contributed by atoms with Gasteiger partial charge < -0.3 is 5.11 Å². The Labute approximate surface area is 111 Å². The third-order valence-electron chi connectivity index (χ3n) is 2.51. The fraction of sp³-hybridized carbons (Fsp3) is 0.545. The van der Waals surface area contributed by atoms with Crippen LogP contribution in [0.25, 0.3) is 0 Å². The van der Waals surface area contributed by atoms with Gasteiger partial charge in [-0.2, -0.15) is 0 Å². The molecular formula is C11H17NO4S2. The van der Waals surface area contributed by atoms with Crippen LogP contribution in [-0.4, -0.2) is 26.0 Å². The van der Waals surface area contributed by atoms with Crippen LogP contribution in [0.1, 0.15) is 24.6 Å².